The molecule has 0 heterocycles. The number of methoxy groups -OCH3 is 1. The molecule has 4 heteroatoms. The molecule has 1 aromatic rings. The summed E-state index contributed by atoms with van der Waals surface area (Å²) in [7, 11) is 1.65. The Morgan fingerprint density at radius 1 is 1.38 bits per heavy atom. The van der Waals surface area contributed by atoms with Gasteiger partial charge in [-0.2, -0.15) is 0 Å². The molecule has 1 aliphatic carbocycles. The number of rotatable bonds is 3. The summed E-state index contributed by atoms with van der Waals surface area (Å²) in [5, 5.41) is 13.1. The highest BCUT2D eigenvalue weighted by atomic mass is 79.9. The van der Waals surface area contributed by atoms with Gasteiger partial charge in [-0.15, -0.1) is 0 Å². The lowest BCUT2D eigenvalue weighted by Crippen LogP contribution is -2.27. The van der Waals surface area contributed by atoms with Gasteiger partial charge in [0, 0.05) is 16.2 Å². The van der Waals surface area contributed by atoms with Crippen LogP contribution in [0.25, 0.3) is 0 Å². The SMILES string of the molecule is COc1cc(Br)cc(NC2CCCC2O)c1. The van der Waals surface area contributed by atoms with Crippen molar-refractivity contribution < 1.29 is 9.84 Å². The molecule has 1 aromatic carbocycles. The third-order valence-corrected chi connectivity index (χ3v) is 3.40. The number of hydrogen-bond donors (Lipinski definition) is 2. The van der Waals surface area contributed by atoms with Crippen molar-refractivity contribution in [2.45, 2.75) is 31.4 Å². The van der Waals surface area contributed by atoms with Crippen molar-refractivity contribution in [2.75, 3.05) is 12.4 Å². The topological polar surface area (TPSA) is 41.5 Å². The lowest BCUT2D eigenvalue weighted by molar-refractivity contribution is 0.172. The predicted octanol–water partition coefficient (Wildman–Crippen LogP) is 2.78. The molecule has 1 saturated carbocycles. The first kappa shape index (κ1) is 11.7. The predicted molar refractivity (Wildman–Crippen MR) is 68.0 cm³/mol. The molecule has 1 fully saturated rings. The van der Waals surface area contributed by atoms with Crippen molar-refractivity contribution in [3.05, 3.63) is 22.7 Å². The van der Waals surface area contributed by atoms with E-state index in [2.05, 4.69) is 21.2 Å². The quantitative estimate of drug-likeness (QED) is 0.897. The van der Waals surface area contributed by atoms with Crippen LogP contribution < -0.4 is 10.1 Å². The van der Waals surface area contributed by atoms with E-state index in [0.717, 1.165) is 35.2 Å². The van der Waals surface area contributed by atoms with Crippen molar-refractivity contribution in [3.63, 3.8) is 0 Å². The van der Waals surface area contributed by atoms with E-state index in [-0.39, 0.29) is 12.1 Å². The standard InChI is InChI=1S/C12H16BrNO2/c1-16-10-6-8(13)5-9(7-10)14-11-3-2-4-12(11)15/h5-7,11-12,14-15H,2-4H2,1H3. The Bertz CT molecular complexity index is 370. The maximum absolute atomic E-state index is 9.74. The van der Waals surface area contributed by atoms with Gasteiger partial charge in [0.15, 0.2) is 0 Å². The van der Waals surface area contributed by atoms with E-state index in [1.54, 1.807) is 7.11 Å². The van der Waals surface area contributed by atoms with E-state index >= 15 is 0 Å². The summed E-state index contributed by atoms with van der Waals surface area (Å²) in [5.74, 6) is 0.810. The Kier molecular flexibility index (Phi) is 3.71. The number of hydrogen-bond acceptors (Lipinski definition) is 3. The zero-order valence-corrected chi connectivity index (χ0v) is 10.8. The minimum atomic E-state index is -0.232. The molecule has 0 aliphatic heterocycles. The van der Waals surface area contributed by atoms with Gasteiger partial charge in [0.1, 0.15) is 5.75 Å². The summed E-state index contributed by atoms with van der Waals surface area (Å²) in [6, 6.07) is 6.01. The van der Waals surface area contributed by atoms with E-state index in [4.69, 9.17) is 4.74 Å². The maximum atomic E-state index is 9.74. The van der Waals surface area contributed by atoms with Crippen LogP contribution in [-0.4, -0.2) is 24.4 Å². The van der Waals surface area contributed by atoms with Crippen LogP contribution in [0.3, 0.4) is 0 Å². The lowest BCUT2D eigenvalue weighted by Gasteiger charge is -2.18. The molecule has 0 aromatic heterocycles. The summed E-state index contributed by atoms with van der Waals surface area (Å²) in [5.41, 5.74) is 0.983. The summed E-state index contributed by atoms with van der Waals surface area (Å²) in [6.07, 6.45) is 2.77. The molecule has 0 spiro atoms. The fraction of sp³-hybridized carbons (Fsp3) is 0.500. The second-order valence-electron chi connectivity index (χ2n) is 4.13. The molecule has 2 atom stereocenters. The highest BCUT2D eigenvalue weighted by Gasteiger charge is 2.24. The molecule has 88 valence electrons. The molecule has 2 N–H and O–H groups in total. The molecule has 2 unspecified atom stereocenters. The van der Waals surface area contributed by atoms with Crippen molar-refractivity contribution in [1.29, 1.82) is 0 Å². The third kappa shape index (κ3) is 2.68. The minimum absolute atomic E-state index is 0.166. The van der Waals surface area contributed by atoms with Crippen LogP contribution in [0, 0.1) is 0 Å². The summed E-state index contributed by atoms with van der Waals surface area (Å²) < 4.78 is 6.17. The van der Waals surface area contributed by atoms with Crippen molar-refractivity contribution >= 4 is 21.6 Å². The Labute approximate surface area is 104 Å². The normalized spacial score (nSPS) is 24.4. The average Bonchev–Trinajstić information content (AvgIpc) is 2.63. The highest BCUT2D eigenvalue weighted by molar-refractivity contribution is 9.10. The number of anilines is 1. The maximum Gasteiger partial charge on any atom is 0.122 e. The van der Waals surface area contributed by atoms with E-state index < -0.39 is 0 Å². The van der Waals surface area contributed by atoms with Gasteiger partial charge in [0.2, 0.25) is 0 Å². The number of benzene rings is 1. The Morgan fingerprint density at radius 3 is 2.81 bits per heavy atom. The van der Waals surface area contributed by atoms with Gasteiger partial charge < -0.3 is 15.2 Å². The molecular weight excluding hydrogens is 270 g/mol. The van der Waals surface area contributed by atoms with Crippen molar-refractivity contribution in [3.8, 4) is 5.75 Å². The van der Waals surface area contributed by atoms with Crippen LogP contribution in [0.5, 0.6) is 5.75 Å². The molecular formula is C12H16BrNO2. The number of aliphatic hydroxyl groups excluding tert-OH is 1. The first-order valence-electron chi connectivity index (χ1n) is 5.48. The van der Waals surface area contributed by atoms with Gasteiger partial charge in [-0.05, 0) is 31.4 Å². The Hall–Kier alpha value is -0.740. The third-order valence-electron chi connectivity index (χ3n) is 2.94. The molecule has 1 aliphatic rings. The molecule has 2 rings (SSSR count). The minimum Gasteiger partial charge on any atom is -0.497 e. The lowest BCUT2D eigenvalue weighted by atomic mass is 10.2. The number of ether oxygens (including phenoxy) is 1. The smallest absolute Gasteiger partial charge is 0.122 e. The fourth-order valence-corrected chi connectivity index (χ4v) is 2.56. The van der Waals surface area contributed by atoms with Crippen LogP contribution in [0.2, 0.25) is 0 Å². The van der Waals surface area contributed by atoms with Gasteiger partial charge in [-0.25, -0.2) is 0 Å². The van der Waals surface area contributed by atoms with Gasteiger partial charge in [-0.3, -0.25) is 0 Å². The monoisotopic (exact) mass is 285 g/mol. The zero-order valence-electron chi connectivity index (χ0n) is 9.24. The van der Waals surface area contributed by atoms with Gasteiger partial charge in [-0.1, -0.05) is 15.9 Å². The Balaban J connectivity index is 2.11. The van der Waals surface area contributed by atoms with Crippen LogP contribution in [0.15, 0.2) is 22.7 Å². The van der Waals surface area contributed by atoms with Gasteiger partial charge >= 0.3 is 0 Å². The molecule has 0 saturated heterocycles. The molecule has 16 heavy (non-hydrogen) atoms. The van der Waals surface area contributed by atoms with E-state index in [1.165, 1.54) is 0 Å². The molecule has 0 radical (unpaired) electrons. The summed E-state index contributed by atoms with van der Waals surface area (Å²) in [4.78, 5) is 0. The zero-order chi connectivity index (χ0) is 11.5. The first-order valence-corrected chi connectivity index (χ1v) is 6.27. The van der Waals surface area contributed by atoms with Crippen LogP contribution in [-0.2, 0) is 0 Å². The van der Waals surface area contributed by atoms with E-state index in [9.17, 15) is 5.11 Å². The second kappa shape index (κ2) is 5.06. The Morgan fingerprint density at radius 2 is 2.19 bits per heavy atom. The molecule has 0 bridgehead atoms. The number of halogens is 1. The van der Waals surface area contributed by atoms with Crippen LogP contribution in [0.4, 0.5) is 5.69 Å². The van der Waals surface area contributed by atoms with E-state index in [0.29, 0.717) is 0 Å². The molecule has 3 nitrogen and oxygen atoms in total. The summed E-state index contributed by atoms with van der Waals surface area (Å²) in [6.45, 7) is 0. The van der Waals surface area contributed by atoms with Crippen molar-refractivity contribution in [2.24, 2.45) is 0 Å². The number of nitrogens with one attached hydrogen (secondary N) is 1. The number of aliphatic hydroxyl groups is 1. The first-order chi connectivity index (χ1) is 7.69. The summed E-state index contributed by atoms with van der Waals surface area (Å²) >= 11 is 3.44. The van der Waals surface area contributed by atoms with Crippen LogP contribution >= 0.6 is 15.9 Å². The average molecular weight is 286 g/mol. The fourth-order valence-electron chi connectivity index (χ4n) is 2.09. The van der Waals surface area contributed by atoms with E-state index in [1.807, 2.05) is 18.2 Å². The second-order valence-corrected chi connectivity index (χ2v) is 5.04. The van der Waals surface area contributed by atoms with Crippen molar-refractivity contribution in [1.82, 2.24) is 0 Å². The largest absolute Gasteiger partial charge is 0.497 e. The van der Waals surface area contributed by atoms with Gasteiger partial charge in [0.25, 0.3) is 0 Å². The van der Waals surface area contributed by atoms with Gasteiger partial charge in [0.05, 0.1) is 19.3 Å². The molecule has 0 amide bonds. The van der Waals surface area contributed by atoms with Crippen LogP contribution in [0.1, 0.15) is 19.3 Å². The highest BCUT2D eigenvalue weighted by Crippen LogP contribution is 2.28.